The molecule has 30 heavy (non-hydrogen) atoms. The number of amides is 1. The normalized spacial score (nSPS) is 26.2. The number of benzene rings is 1. The topological polar surface area (TPSA) is 92.9 Å². The maximum absolute atomic E-state index is 13.2. The van der Waals surface area contributed by atoms with E-state index in [9.17, 15) is 14.7 Å². The van der Waals surface area contributed by atoms with Gasteiger partial charge in [0.15, 0.2) is 0 Å². The van der Waals surface area contributed by atoms with Crippen LogP contribution in [0.5, 0.6) is 5.75 Å². The molecule has 1 aliphatic carbocycles. The van der Waals surface area contributed by atoms with Gasteiger partial charge in [-0.3, -0.25) is 9.59 Å². The molecule has 1 heterocycles. The minimum atomic E-state index is -0.696. The lowest BCUT2D eigenvalue weighted by Gasteiger charge is -2.49. The van der Waals surface area contributed by atoms with Gasteiger partial charge in [-0.05, 0) is 62.1 Å². The average Bonchev–Trinajstić information content (AvgIpc) is 2.79. The van der Waals surface area contributed by atoms with E-state index in [0.717, 1.165) is 43.4 Å². The largest absolute Gasteiger partial charge is 0.497 e. The van der Waals surface area contributed by atoms with Crippen LogP contribution in [0.2, 0.25) is 0 Å². The van der Waals surface area contributed by atoms with Crippen molar-refractivity contribution in [1.82, 2.24) is 4.90 Å². The van der Waals surface area contributed by atoms with Gasteiger partial charge in [0.05, 0.1) is 18.6 Å². The van der Waals surface area contributed by atoms with Gasteiger partial charge in [0.1, 0.15) is 5.75 Å². The highest BCUT2D eigenvalue weighted by atomic mass is 16.5. The van der Waals surface area contributed by atoms with E-state index in [-0.39, 0.29) is 17.9 Å². The van der Waals surface area contributed by atoms with E-state index in [1.807, 2.05) is 36.1 Å². The first kappa shape index (κ1) is 22.6. The van der Waals surface area contributed by atoms with Gasteiger partial charge in [0, 0.05) is 12.6 Å². The molecule has 1 aromatic rings. The van der Waals surface area contributed by atoms with Gasteiger partial charge in [-0.25, -0.2) is 0 Å². The molecule has 0 aromatic heterocycles. The van der Waals surface area contributed by atoms with Crippen molar-refractivity contribution in [2.45, 2.75) is 76.8 Å². The zero-order valence-electron chi connectivity index (χ0n) is 18.3. The number of rotatable bonds is 7. The first-order valence-electron chi connectivity index (χ1n) is 11.3. The number of aliphatic carboxylic acids is 1. The predicted molar refractivity (Wildman–Crippen MR) is 116 cm³/mol. The number of nitrogens with two attached hydrogens (primary N) is 1. The highest BCUT2D eigenvalue weighted by molar-refractivity contribution is 5.83. The van der Waals surface area contributed by atoms with E-state index >= 15 is 0 Å². The number of carbonyl (C=O) groups excluding carboxylic acids is 1. The summed E-state index contributed by atoms with van der Waals surface area (Å²) in [7, 11) is 1.62. The molecule has 3 unspecified atom stereocenters. The number of likely N-dealkylation sites (tertiary alicyclic amines) is 1. The maximum atomic E-state index is 13.2. The molecular weight excluding hydrogens is 380 g/mol. The van der Waals surface area contributed by atoms with Crippen LogP contribution in [0.15, 0.2) is 24.3 Å². The number of nitrogens with zero attached hydrogens (tertiary/aromatic N) is 1. The fraction of sp³-hybridized carbons (Fsp3) is 0.667. The number of carboxylic acid groups (broad SMARTS) is 1. The molecule has 0 bridgehead atoms. The first-order chi connectivity index (χ1) is 14.4. The molecule has 3 atom stereocenters. The van der Waals surface area contributed by atoms with Crippen molar-refractivity contribution in [1.29, 1.82) is 0 Å². The molecule has 3 N–H and O–H groups in total. The quantitative estimate of drug-likeness (QED) is 0.708. The zero-order chi connectivity index (χ0) is 21.7. The van der Waals surface area contributed by atoms with Crippen LogP contribution in [0.4, 0.5) is 0 Å². The zero-order valence-corrected chi connectivity index (χ0v) is 18.3. The van der Waals surface area contributed by atoms with Crippen LogP contribution in [-0.2, 0) is 16.0 Å². The van der Waals surface area contributed by atoms with Gasteiger partial charge in [-0.1, -0.05) is 38.3 Å². The van der Waals surface area contributed by atoms with Crippen LogP contribution in [0.3, 0.4) is 0 Å². The lowest BCUT2D eigenvalue weighted by Crippen LogP contribution is -2.58. The molecule has 1 aliphatic heterocycles. The summed E-state index contributed by atoms with van der Waals surface area (Å²) in [4.78, 5) is 27.4. The summed E-state index contributed by atoms with van der Waals surface area (Å²) in [5, 5.41) is 10.2. The van der Waals surface area contributed by atoms with Crippen LogP contribution in [0, 0.1) is 11.3 Å². The van der Waals surface area contributed by atoms with Crippen LogP contribution >= 0.6 is 0 Å². The van der Waals surface area contributed by atoms with Gasteiger partial charge in [-0.15, -0.1) is 0 Å². The van der Waals surface area contributed by atoms with Crippen LogP contribution in [0.25, 0.3) is 0 Å². The van der Waals surface area contributed by atoms with Crippen LogP contribution < -0.4 is 10.5 Å². The van der Waals surface area contributed by atoms with Crippen LogP contribution in [-0.4, -0.2) is 47.6 Å². The molecule has 3 rings (SSSR count). The smallest absolute Gasteiger partial charge is 0.310 e. The SMILES string of the molecule is CCC1CC(C(=O)O)(C2CCCCC2)CCN1C(=O)C(N)Cc1ccc(OC)cc1. The summed E-state index contributed by atoms with van der Waals surface area (Å²) < 4.78 is 5.18. The third-order valence-electron chi connectivity index (χ3n) is 7.34. The Hall–Kier alpha value is -2.08. The second-order valence-electron chi connectivity index (χ2n) is 9.00. The number of hydrogen-bond acceptors (Lipinski definition) is 4. The maximum Gasteiger partial charge on any atom is 0.310 e. The molecule has 0 radical (unpaired) electrons. The number of ether oxygens (including phenoxy) is 1. The Labute approximate surface area is 179 Å². The molecule has 2 fully saturated rings. The van der Waals surface area contributed by atoms with Crippen molar-refractivity contribution in [3.05, 3.63) is 29.8 Å². The number of methoxy groups -OCH3 is 1. The van der Waals surface area contributed by atoms with Crippen molar-refractivity contribution in [2.24, 2.45) is 17.1 Å². The number of piperidine rings is 1. The monoisotopic (exact) mass is 416 g/mol. The van der Waals surface area contributed by atoms with E-state index in [4.69, 9.17) is 10.5 Å². The number of carbonyl (C=O) groups is 2. The average molecular weight is 417 g/mol. The molecule has 6 nitrogen and oxygen atoms in total. The molecule has 1 saturated heterocycles. The van der Waals surface area contributed by atoms with Gasteiger partial charge in [-0.2, -0.15) is 0 Å². The molecular formula is C24H36N2O4. The Balaban J connectivity index is 1.70. The summed E-state index contributed by atoms with van der Waals surface area (Å²) >= 11 is 0. The Morgan fingerprint density at radius 3 is 2.47 bits per heavy atom. The van der Waals surface area contributed by atoms with Crippen molar-refractivity contribution in [3.8, 4) is 5.75 Å². The van der Waals surface area contributed by atoms with E-state index in [0.29, 0.717) is 25.8 Å². The third kappa shape index (κ3) is 4.64. The molecule has 1 saturated carbocycles. The standard InChI is InChI=1S/C24H36N2O4/c1-3-19-16-24(23(28)29,18-7-5-4-6-8-18)13-14-26(19)22(27)21(25)15-17-9-11-20(30-2)12-10-17/h9-12,18-19,21H,3-8,13-16,25H2,1-2H3,(H,28,29). The first-order valence-corrected chi connectivity index (χ1v) is 11.3. The fourth-order valence-electron chi connectivity index (χ4n) is 5.50. The summed E-state index contributed by atoms with van der Waals surface area (Å²) in [6.45, 7) is 2.52. The number of carboxylic acids is 1. The second kappa shape index (κ2) is 9.82. The van der Waals surface area contributed by atoms with Gasteiger partial charge in [0.25, 0.3) is 0 Å². The van der Waals surface area contributed by atoms with Crippen molar-refractivity contribution < 1.29 is 19.4 Å². The van der Waals surface area contributed by atoms with Crippen molar-refractivity contribution in [3.63, 3.8) is 0 Å². The third-order valence-corrected chi connectivity index (χ3v) is 7.34. The van der Waals surface area contributed by atoms with Crippen molar-refractivity contribution in [2.75, 3.05) is 13.7 Å². The summed E-state index contributed by atoms with van der Waals surface area (Å²) in [6.07, 6.45) is 7.72. The highest BCUT2D eigenvalue weighted by Crippen LogP contribution is 2.48. The lowest BCUT2D eigenvalue weighted by molar-refractivity contribution is -0.163. The molecule has 2 aliphatic rings. The van der Waals surface area contributed by atoms with E-state index in [2.05, 4.69) is 0 Å². The van der Waals surface area contributed by atoms with E-state index in [1.165, 1.54) is 6.42 Å². The Kier molecular flexibility index (Phi) is 7.40. The van der Waals surface area contributed by atoms with Crippen LogP contribution in [0.1, 0.15) is 63.9 Å². The molecule has 6 heteroatoms. The number of hydrogen-bond donors (Lipinski definition) is 2. The highest BCUT2D eigenvalue weighted by Gasteiger charge is 2.51. The minimum Gasteiger partial charge on any atom is -0.497 e. The molecule has 166 valence electrons. The van der Waals surface area contributed by atoms with E-state index < -0.39 is 17.4 Å². The van der Waals surface area contributed by atoms with E-state index in [1.54, 1.807) is 7.11 Å². The molecule has 1 aromatic carbocycles. The Morgan fingerprint density at radius 1 is 1.23 bits per heavy atom. The van der Waals surface area contributed by atoms with Gasteiger partial charge >= 0.3 is 5.97 Å². The fourth-order valence-corrected chi connectivity index (χ4v) is 5.50. The summed E-state index contributed by atoms with van der Waals surface area (Å²) in [5.41, 5.74) is 6.59. The predicted octanol–water partition coefficient (Wildman–Crippen LogP) is 3.62. The summed E-state index contributed by atoms with van der Waals surface area (Å²) in [5.74, 6) is 0.249. The molecule has 0 spiro atoms. The molecule has 1 amide bonds. The summed E-state index contributed by atoms with van der Waals surface area (Å²) in [6, 6.07) is 6.91. The Bertz CT molecular complexity index is 729. The van der Waals surface area contributed by atoms with Crippen molar-refractivity contribution >= 4 is 11.9 Å². The second-order valence-corrected chi connectivity index (χ2v) is 9.00. The van der Waals surface area contributed by atoms with Gasteiger partial charge in [0.2, 0.25) is 5.91 Å². The lowest BCUT2D eigenvalue weighted by atomic mass is 9.62. The van der Waals surface area contributed by atoms with Gasteiger partial charge < -0.3 is 20.5 Å². The Morgan fingerprint density at radius 2 is 1.90 bits per heavy atom. The minimum absolute atomic E-state index is 0.0637.